The van der Waals surface area contributed by atoms with Crippen LogP contribution < -0.4 is 11.1 Å². The van der Waals surface area contributed by atoms with Gasteiger partial charge in [0.25, 0.3) is 0 Å². The van der Waals surface area contributed by atoms with Crippen molar-refractivity contribution in [1.29, 1.82) is 0 Å². The average Bonchev–Trinajstić information content (AvgIpc) is 2.26. The molecule has 3 N–H and O–H groups in total. The molecule has 82 valence electrons. The maximum absolute atomic E-state index is 12.5. The SMILES string of the molecule is C=C1C=C(NC)C(C(F)(F)F)=CN=C1N. The molecule has 15 heavy (non-hydrogen) atoms. The molecule has 0 fully saturated rings. The Kier molecular flexibility index (Phi) is 2.88. The quantitative estimate of drug-likeness (QED) is 0.698. The molecule has 0 spiro atoms. The number of halogens is 3. The molecular weight excluding hydrogens is 207 g/mol. The Bertz CT molecular complexity index is 375. The normalized spacial score (nSPS) is 17.6. The van der Waals surface area contributed by atoms with Gasteiger partial charge in [-0.1, -0.05) is 6.58 Å². The van der Waals surface area contributed by atoms with Crippen LogP contribution in [-0.4, -0.2) is 19.1 Å². The summed E-state index contributed by atoms with van der Waals surface area (Å²) in [6.45, 7) is 3.50. The molecular formula is C9H10F3N3. The fraction of sp³-hybridized carbons (Fsp3) is 0.222. The number of nitrogens with one attached hydrogen (secondary N) is 1. The summed E-state index contributed by atoms with van der Waals surface area (Å²) in [5.41, 5.74) is 4.64. The second-order valence-corrected chi connectivity index (χ2v) is 2.89. The van der Waals surface area contributed by atoms with E-state index in [1.807, 2.05) is 0 Å². The minimum atomic E-state index is -4.47. The van der Waals surface area contributed by atoms with Gasteiger partial charge in [-0.05, 0) is 6.08 Å². The Morgan fingerprint density at radius 3 is 2.53 bits per heavy atom. The summed E-state index contributed by atoms with van der Waals surface area (Å²) < 4.78 is 37.6. The van der Waals surface area contributed by atoms with Crippen molar-refractivity contribution in [2.75, 3.05) is 7.05 Å². The van der Waals surface area contributed by atoms with E-state index in [4.69, 9.17) is 5.73 Å². The molecule has 0 saturated heterocycles. The molecule has 0 saturated carbocycles. The number of hydrogen-bond acceptors (Lipinski definition) is 3. The molecule has 0 unspecified atom stereocenters. The number of alkyl halides is 3. The molecule has 1 aliphatic heterocycles. The van der Waals surface area contributed by atoms with E-state index in [9.17, 15) is 13.2 Å². The largest absolute Gasteiger partial charge is 0.419 e. The van der Waals surface area contributed by atoms with Crippen LogP contribution in [-0.2, 0) is 0 Å². The molecule has 0 aromatic carbocycles. The third-order valence-corrected chi connectivity index (χ3v) is 1.85. The highest BCUT2D eigenvalue weighted by molar-refractivity contribution is 6.00. The fourth-order valence-electron chi connectivity index (χ4n) is 1.05. The van der Waals surface area contributed by atoms with Crippen molar-refractivity contribution in [3.8, 4) is 0 Å². The molecule has 6 heteroatoms. The van der Waals surface area contributed by atoms with E-state index >= 15 is 0 Å². The van der Waals surface area contributed by atoms with Gasteiger partial charge < -0.3 is 11.1 Å². The number of amidine groups is 1. The van der Waals surface area contributed by atoms with Crippen LogP contribution in [0, 0.1) is 0 Å². The van der Waals surface area contributed by atoms with Crippen LogP contribution in [0.1, 0.15) is 0 Å². The van der Waals surface area contributed by atoms with Crippen molar-refractivity contribution in [3.63, 3.8) is 0 Å². The maximum atomic E-state index is 12.5. The Balaban J connectivity index is 3.25. The molecule has 0 radical (unpaired) electrons. The first kappa shape index (κ1) is 11.4. The Morgan fingerprint density at radius 1 is 1.47 bits per heavy atom. The van der Waals surface area contributed by atoms with Gasteiger partial charge in [0.2, 0.25) is 0 Å². The summed E-state index contributed by atoms with van der Waals surface area (Å²) in [6.07, 6.45) is -2.57. The molecule has 0 aromatic rings. The van der Waals surface area contributed by atoms with Crippen LogP contribution in [0.25, 0.3) is 0 Å². The van der Waals surface area contributed by atoms with Crippen LogP contribution in [0.15, 0.2) is 40.7 Å². The van der Waals surface area contributed by atoms with Gasteiger partial charge in [-0.3, -0.25) is 0 Å². The molecule has 0 atom stereocenters. The lowest BCUT2D eigenvalue weighted by atomic mass is 10.1. The van der Waals surface area contributed by atoms with Gasteiger partial charge in [0.05, 0.1) is 5.57 Å². The summed E-state index contributed by atoms with van der Waals surface area (Å²) in [5, 5.41) is 2.43. The average molecular weight is 217 g/mol. The summed E-state index contributed by atoms with van der Waals surface area (Å²) in [6, 6.07) is 0. The molecule has 1 heterocycles. The smallest absolute Gasteiger partial charge is 0.388 e. The topological polar surface area (TPSA) is 50.4 Å². The Labute approximate surface area is 84.9 Å². The van der Waals surface area contributed by atoms with Crippen LogP contribution >= 0.6 is 0 Å². The van der Waals surface area contributed by atoms with Gasteiger partial charge in [0.15, 0.2) is 0 Å². The van der Waals surface area contributed by atoms with Crippen molar-refractivity contribution in [3.05, 3.63) is 35.7 Å². The third-order valence-electron chi connectivity index (χ3n) is 1.85. The van der Waals surface area contributed by atoms with Gasteiger partial charge in [-0.25, -0.2) is 4.99 Å². The molecule has 0 amide bonds. The highest BCUT2D eigenvalue weighted by Gasteiger charge is 2.36. The second-order valence-electron chi connectivity index (χ2n) is 2.89. The van der Waals surface area contributed by atoms with E-state index < -0.39 is 11.7 Å². The standard InChI is InChI=1S/C9H10F3N3/c1-5-3-7(14-2)6(9(10,11)12)4-15-8(5)13/h3-4,14H,1H2,2H3,(H2,13,15). The lowest BCUT2D eigenvalue weighted by Gasteiger charge is -2.13. The Morgan fingerprint density at radius 2 is 2.07 bits per heavy atom. The molecule has 0 bridgehead atoms. The zero-order chi connectivity index (χ0) is 11.6. The number of hydrogen-bond donors (Lipinski definition) is 2. The number of rotatable bonds is 1. The van der Waals surface area contributed by atoms with E-state index in [1.54, 1.807) is 0 Å². The van der Waals surface area contributed by atoms with Gasteiger partial charge in [-0.2, -0.15) is 13.2 Å². The molecule has 0 aliphatic carbocycles. The highest BCUT2D eigenvalue weighted by Crippen LogP contribution is 2.31. The van der Waals surface area contributed by atoms with E-state index in [1.165, 1.54) is 13.1 Å². The lowest BCUT2D eigenvalue weighted by Crippen LogP contribution is -2.20. The first-order valence-electron chi connectivity index (χ1n) is 4.06. The molecule has 1 aliphatic rings. The Hall–Kier alpha value is -1.72. The predicted molar refractivity (Wildman–Crippen MR) is 52.0 cm³/mol. The minimum absolute atomic E-state index is 0.0259. The molecule has 1 rings (SSSR count). The van der Waals surface area contributed by atoms with Crippen LogP contribution in [0.4, 0.5) is 13.2 Å². The van der Waals surface area contributed by atoms with Gasteiger partial charge in [-0.15, -0.1) is 0 Å². The summed E-state index contributed by atoms with van der Waals surface area (Å²) >= 11 is 0. The molecule has 3 nitrogen and oxygen atoms in total. The highest BCUT2D eigenvalue weighted by atomic mass is 19.4. The van der Waals surface area contributed by atoms with Crippen LogP contribution in [0.2, 0.25) is 0 Å². The summed E-state index contributed by atoms with van der Waals surface area (Å²) in [7, 11) is 1.39. The predicted octanol–water partition coefficient (Wildman–Crippen LogP) is 1.46. The van der Waals surface area contributed by atoms with Crippen molar-refractivity contribution in [1.82, 2.24) is 5.32 Å². The lowest BCUT2D eigenvalue weighted by molar-refractivity contribution is -0.0899. The first-order valence-corrected chi connectivity index (χ1v) is 4.06. The maximum Gasteiger partial charge on any atom is 0.419 e. The van der Waals surface area contributed by atoms with Crippen molar-refractivity contribution in [2.45, 2.75) is 6.18 Å². The van der Waals surface area contributed by atoms with Crippen molar-refractivity contribution < 1.29 is 13.2 Å². The fourth-order valence-corrected chi connectivity index (χ4v) is 1.05. The summed E-state index contributed by atoms with van der Waals surface area (Å²) in [4.78, 5) is 3.47. The van der Waals surface area contributed by atoms with Crippen molar-refractivity contribution >= 4 is 5.84 Å². The number of nitrogens with two attached hydrogens (primary N) is 1. The first-order chi connectivity index (χ1) is 6.86. The third kappa shape index (κ3) is 2.39. The zero-order valence-electron chi connectivity index (χ0n) is 8.02. The van der Waals surface area contributed by atoms with Gasteiger partial charge in [0, 0.05) is 24.5 Å². The van der Waals surface area contributed by atoms with Crippen molar-refractivity contribution in [2.24, 2.45) is 10.7 Å². The number of aliphatic imine (C=N–C) groups is 1. The van der Waals surface area contributed by atoms with Gasteiger partial charge in [0.1, 0.15) is 5.84 Å². The van der Waals surface area contributed by atoms with E-state index in [-0.39, 0.29) is 17.1 Å². The van der Waals surface area contributed by atoms with E-state index in [0.717, 1.165) is 0 Å². The summed E-state index contributed by atoms with van der Waals surface area (Å²) in [5.74, 6) is -0.0259. The van der Waals surface area contributed by atoms with E-state index in [0.29, 0.717) is 6.20 Å². The molecule has 0 aromatic heterocycles. The van der Waals surface area contributed by atoms with Crippen LogP contribution in [0.3, 0.4) is 0 Å². The second kappa shape index (κ2) is 3.80. The number of allylic oxidation sites excluding steroid dienone is 1. The minimum Gasteiger partial charge on any atom is -0.388 e. The van der Waals surface area contributed by atoms with Crippen LogP contribution in [0.5, 0.6) is 0 Å². The number of likely N-dealkylation sites (N-methyl/N-ethyl adjacent to an activating group) is 1. The number of nitrogens with zero attached hydrogens (tertiary/aromatic N) is 1. The monoisotopic (exact) mass is 217 g/mol. The van der Waals surface area contributed by atoms with E-state index in [2.05, 4.69) is 16.9 Å². The zero-order valence-corrected chi connectivity index (χ0v) is 8.02. The van der Waals surface area contributed by atoms with Gasteiger partial charge >= 0.3 is 6.18 Å².